The SMILES string of the molecule is O=C(O)c1ccc(OC2CCN(C(=O)c3cc(NC(=O)c4ncn(Cc5ccccc5)c4-c4ccccc4)ccc3Cl)CC2)cc1. The van der Waals surface area contributed by atoms with E-state index in [1.165, 1.54) is 12.1 Å². The highest BCUT2D eigenvalue weighted by atomic mass is 35.5. The average molecular weight is 635 g/mol. The first-order valence-electron chi connectivity index (χ1n) is 14.9. The van der Waals surface area contributed by atoms with E-state index < -0.39 is 11.9 Å². The van der Waals surface area contributed by atoms with Crippen LogP contribution in [0.25, 0.3) is 11.3 Å². The van der Waals surface area contributed by atoms with Gasteiger partial charge in [-0.2, -0.15) is 0 Å². The van der Waals surface area contributed by atoms with Crippen molar-refractivity contribution >= 4 is 35.1 Å². The van der Waals surface area contributed by atoms with Crippen molar-refractivity contribution in [1.82, 2.24) is 14.5 Å². The lowest BCUT2D eigenvalue weighted by Crippen LogP contribution is -2.41. The Morgan fingerprint density at radius 3 is 2.24 bits per heavy atom. The molecular formula is C36H31ClN4O5. The standard InChI is InChI=1S/C36H31ClN4O5/c37-31-16-13-27(21-30(31)35(43)40-19-17-29(18-20-40)46-28-14-11-26(12-15-28)36(44)45)39-34(42)32-33(25-9-5-2-6-10-25)41(23-38-32)22-24-7-3-1-4-8-24/h1-16,21,23,29H,17-20,22H2,(H,39,42)(H,44,45). The van der Waals surface area contributed by atoms with Crippen LogP contribution < -0.4 is 10.1 Å². The lowest BCUT2D eigenvalue weighted by Gasteiger charge is -2.32. The van der Waals surface area contributed by atoms with Crippen molar-refractivity contribution in [2.45, 2.75) is 25.5 Å². The third-order valence-electron chi connectivity index (χ3n) is 7.88. The van der Waals surface area contributed by atoms with E-state index in [1.807, 2.05) is 65.2 Å². The largest absolute Gasteiger partial charge is 0.490 e. The maximum Gasteiger partial charge on any atom is 0.335 e. The van der Waals surface area contributed by atoms with Crippen LogP contribution in [0.15, 0.2) is 109 Å². The van der Waals surface area contributed by atoms with Crippen LogP contribution >= 0.6 is 11.6 Å². The molecule has 1 aliphatic rings. The minimum atomic E-state index is -0.993. The van der Waals surface area contributed by atoms with E-state index in [2.05, 4.69) is 10.3 Å². The number of nitrogens with zero attached hydrogens (tertiary/aromatic N) is 3. The molecule has 1 aliphatic heterocycles. The summed E-state index contributed by atoms with van der Waals surface area (Å²) in [4.78, 5) is 44.5. The average Bonchev–Trinajstić information content (AvgIpc) is 3.50. The Bertz CT molecular complexity index is 1850. The molecule has 6 rings (SSSR count). The van der Waals surface area contributed by atoms with E-state index in [0.29, 0.717) is 55.2 Å². The van der Waals surface area contributed by atoms with E-state index in [0.717, 1.165) is 11.1 Å². The smallest absolute Gasteiger partial charge is 0.335 e. The number of halogens is 1. The maximum atomic E-state index is 13.6. The number of carboxylic acids is 1. The molecule has 10 heteroatoms. The van der Waals surface area contributed by atoms with Gasteiger partial charge in [0.1, 0.15) is 11.9 Å². The summed E-state index contributed by atoms with van der Waals surface area (Å²) >= 11 is 6.48. The monoisotopic (exact) mass is 634 g/mol. The van der Waals surface area contributed by atoms with Gasteiger partial charge >= 0.3 is 5.97 Å². The predicted octanol–water partition coefficient (Wildman–Crippen LogP) is 6.89. The van der Waals surface area contributed by atoms with Gasteiger partial charge in [0.05, 0.1) is 28.2 Å². The van der Waals surface area contributed by atoms with E-state index in [1.54, 1.807) is 41.6 Å². The number of piperidine rings is 1. The zero-order valence-electron chi connectivity index (χ0n) is 24.8. The fourth-order valence-corrected chi connectivity index (χ4v) is 5.72. The number of carboxylic acid groups (broad SMARTS) is 1. The number of rotatable bonds is 9. The fraction of sp³-hybridized carbons (Fsp3) is 0.167. The van der Waals surface area contributed by atoms with E-state index in [-0.39, 0.29) is 28.3 Å². The summed E-state index contributed by atoms with van der Waals surface area (Å²) < 4.78 is 7.97. The molecule has 232 valence electrons. The molecular weight excluding hydrogens is 604 g/mol. The van der Waals surface area contributed by atoms with Gasteiger partial charge in [-0.3, -0.25) is 9.59 Å². The molecule has 4 aromatic carbocycles. The number of imidazole rings is 1. The lowest BCUT2D eigenvalue weighted by molar-refractivity contribution is 0.0595. The number of hydrogen-bond donors (Lipinski definition) is 2. The molecule has 0 unspecified atom stereocenters. The fourth-order valence-electron chi connectivity index (χ4n) is 5.52. The Hall–Kier alpha value is -5.41. The Balaban J connectivity index is 1.14. The molecule has 9 nitrogen and oxygen atoms in total. The highest BCUT2D eigenvalue weighted by molar-refractivity contribution is 6.34. The number of benzene rings is 4. The van der Waals surface area contributed by atoms with Crippen LogP contribution in [0.5, 0.6) is 5.75 Å². The van der Waals surface area contributed by atoms with E-state index in [4.69, 9.17) is 21.4 Å². The minimum absolute atomic E-state index is 0.110. The van der Waals surface area contributed by atoms with Gasteiger partial charge in [0.15, 0.2) is 5.69 Å². The molecule has 5 aromatic rings. The van der Waals surface area contributed by atoms with Gasteiger partial charge in [0.25, 0.3) is 11.8 Å². The molecule has 0 bridgehead atoms. The third-order valence-corrected chi connectivity index (χ3v) is 8.21. The van der Waals surface area contributed by atoms with Gasteiger partial charge in [-0.15, -0.1) is 0 Å². The molecule has 2 amide bonds. The number of carbonyl (C=O) groups excluding carboxylic acids is 2. The van der Waals surface area contributed by atoms with Gasteiger partial charge in [-0.05, 0) is 48.0 Å². The molecule has 0 saturated carbocycles. The summed E-state index contributed by atoms with van der Waals surface area (Å²) in [7, 11) is 0. The molecule has 2 N–H and O–H groups in total. The molecule has 0 aliphatic carbocycles. The van der Waals surface area contributed by atoms with Crippen molar-refractivity contribution in [3.63, 3.8) is 0 Å². The Labute approximate surface area is 271 Å². The van der Waals surface area contributed by atoms with Gasteiger partial charge in [0.2, 0.25) is 0 Å². The van der Waals surface area contributed by atoms with Gasteiger partial charge in [0, 0.05) is 43.7 Å². The first kappa shape index (κ1) is 30.6. The topological polar surface area (TPSA) is 114 Å². The van der Waals surface area contributed by atoms with Gasteiger partial charge in [-0.25, -0.2) is 9.78 Å². The minimum Gasteiger partial charge on any atom is -0.490 e. The molecule has 2 heterocycles. The van der Waals surface area contributed by atoms with Crippen LogP contribution in [0, 0.1) is 0 Å². The zero-order valence-corrected chi connectivity index (χ0v) is 25.6. The first-order chi connectivity index (χ1) is 22.4. The van der Waals surface area contributed by atoms with Crippen LogP contribution in [0.4, 0.5) is 5.69 Å². The van der Waals surface area contributed by atoms with Crippen molar-refractivity contribution in [1.29, 1.82) is 0 Å². The predicted molar refractivity (Wildman–Crippen MR) is 176 cm³/mol. The molecule has 1 aromatic heterocycles. The first-order valence-corrected chi connectivity index (χ1v) is 15.3. The summed E-state index contributed by atoms with van der Waals surface area (Å²) in [6, 6.07) is 30.7. The Kier molecular flexibility index (Phi) is 9.12. The van der Waals surface area contributed by atoms with Crippen LogP contribution in [0.2, 0.25) is 5.02 Å². The normalized spacial score (nSPS) is 13.3. The quantitative estimate of drug-likeness (QED) is 0.183. The molecule has 0 radical (unpaired) electrons. The second-order valence-corrected chi connectivity index (χ2v) is 11.4. The summed E-state index contributed by atoms with van der Waals surface area (Å²) in [6.07, 6.45) is 2.77. The van der Waals surface area contributed by atoms with Crippen LogP contribution in [-0.4, -0.2) is 56.5 Å². The Morgan fingerprint density at radius 2 is 1.57 bits per heavy atom. The number of aromatic carboxylic acids is 1. The van der Waals surface area contributed by atoms with Crippen LogP contribution in [0.1, 0.15) is 49.6 Å². The number of anilines is 1. The molecule has 0 atom stereocenters. The Morgan fingerprint density at radius 1 is 0.891 bits per heavy atom. The van der Waals surface area contributed by atoms with Crippen molar-refractivity contribution in [2.75, 3.05) is 18.4 Å². The van der Waals surface area contributed by atoms with Crippen molar-refractivity contribution in [3.05, 3.63) is 137 Å². The number of likely N-dealkylation sites (tertiary alicyclic amines) is 1. The molecule has 0 spiro atoms. The summed E-state index contributed by atoms with van der Waals surface area (Å²) in [5, 5.41) is 12.3. The van der Waals surface area contributed by atoms with E-state index >= 15 is 0 Å². The number of nitrogens with one attached hydrogen (secondary N) is 1. The number of hydrogen-bond acceptors (Lipinski definition) is 5. The third kappa shape index (κ3) is 6.95. The number of aromatic nitrogens is 2. The summed E-state index contributed by atoms with van der Waals surface area (Å²) in [6.45, 7) is 1.47. The van der Waals surface area contributed by atoms with Crippen molar-refractivity contribution in [3.8, 4) is 17.0 Å². The highest BCUT2D eigenvalue weighted by Crippen LogP contribution is 2.28. The number of amides is 2. The number of carbonyl (C=O) groups is 3. The highest BCUT2D eigenvalue weighted by Gasteiger charge is 2.27. The summed E-state index contributed by atoms with van der Waals surface area (Å²) in [5.41, 5.74) is 3.81. The number of ether oxygens (including phenoxy) is 1. The lowest BCUT2D eigenvalue weighted by atomic mass is 10.1. The van der Waals surface area contributed by atoms with Crippen LogP contribution in [-0.2, 0) is 6.54 Å². The van der Waals surface area contributed by atoms with Crippen LogP contribution in [0.3, 0.4) is 0 Å². The second kappa shape index (κ2) is 13.7. The zero-order chi connectivity index (χ0) is 32.0. The van der Waals surface area contributed by atoms with Crippen molar-refractivity contribution in [2.24, 2.45) is 0 Å². The van der Waals surface area contributed by atoms with Crippen molar-refractivity contribution < 1.29 is 24.2 Å². The second-order valence-electron chi connectivity index (χ2n) is 11.0. The maximum absolute atomic E-state index is 13.6. The van der Waals surface area contributed by atoms with E-state index in [9.17, 15) is 14.4 Å². The summed E-state index contributed by atoms with van der Waals surface area (Å²) in [5.74, 6) is -1.04. The molecule has 1 fully saturated rings. The van der Waals surface area contributed by atoms with Gasteiger partial charge in [-0.1, -0.05) is 72.3 Å². The molecule has 1 saturated heterocycles. The van der Waals surface area contributed by atoms with Gasteiger partial charge < -0.3 is 24.6 Å². The molecule has 46 heavy (non-hydrogen) atoms.